The molecule has 0 saturated heterocycles. The Morgan fingerprint density at radius 2 is 2.23 bits per heavy atom. The number of hydrogen-bond acceptors (Lipinski definition) is 4. The van der Waals surface area contributed by atoms with Gasteiger partial charge in [-0.2, -0.15) is 4.73 Å². The standard InChI is InChI=1S/C8H8N4O/c9-5-1-2-6(10)8-7(5)11-3-4-12(8)13/h1-4,9,13H,10H2. The van der Waals surface area contributed by atoms with Gasteiger partial charge in [0.25, 0.3) is 0 Å². The molecule has 1 aliphatic heterocycles. The van der Waals surface area contributed by atoms with Gasteiger partial charge in [-0.1, -0.05) is 0 Å². The monoisotopic (exact) mass is 176 g/mol. The summed E-state index contributed by atoms with van der Waals surface area (Å²) in [5, 5.41) is 17.1. The lowest BCUT2D eigenvalue weighted by Gasteiger charge is -2.10. The van der Waals surface area contributed by atoms with Gasteiger partial charge in [0.05, 0.1) is 17.2 Å². The van der Waals surface area contributed by atoms with Gasteiger partial charge in [0.15, 0.2) is 0 Å². The minimum absolute atomic E-state index is 0.243. The minimum Gasteiger partial charge on any atom is -0.428 e. The highest BCUT2D eigenvalue weighted by atomic mass is 16.5. The summed E-state index contributed by atoms with van der Waals surface area (Å²) < 4.78 is 0.871. The van der Waals surface area contributed by atoms with Gasteiger partial charge in [-0.15, -0.1) is 0 Å². The van der Waals surface area contributed by atoms with Crippen molar-refractivity contribution >= 4 is 5.69 Å². The lowest BCUT2D eigenvalue weighted by molar-refractivity contribution is 0.188. The summed E-state index contributed by atoms with van der Waals surface area (Å²) >= 11 is 0. The van der Waals surface area contributed by atoms with Gasteiger partial charge in [0.2, 0.25) is 0 Å². The zero-order chi connectivity index (χ0) is 9.42. The SMILES string of the molecule is N=c1ccc(N)c2n(O)ccnc1-2. The number of fused-ring (bicyclic) bond motifs is 1. The van der Waals surface area contributed by atoms with Crippen molar-refractivity contribution in [2.75, 3.05) is 5.73 Å². The summed E-state index contributed by atoms with van der Waals surface area (Å²) in [6.45, 7) is 0. The van der Waals surface area contributed by atoms with E-state index >= 15 is 0 Å². The van der Waals surface area contributed by atoms with Gasteiger partial charge in [0, 0.05) is 6.20 Å². The Balaban J connectivity index is 2.96. The summed E-state index contributed by atoms with van der Waals surface area (Å²) in [4.78, 5) is 3.95. The molecule has 66 valence electrons. The zero-order valence-corrected chi connectivity index (χ0v) is 6.73. The topological polar surface area (TPSA) is 87.9 Å². The van der Waals surface area contributed by atoms with E-state index in [1.165, 1.54) is 12.4 Å². The highest BCUT2D eigenvalue weighted by Gasteiger charge is 2.11. The van der Waals surface area contributed by atoms with E-state index in [9.17, 15) is 5.21 Å². The van der Waals surface area contributed by atoms with Crippen LogP contribution in [0.4, 0.5) is 5.69 Å². The van der Waals surface area contributed by atoms with Gasteiger partial charge in [-0.3, -0.25) is 10.4 Å². The third kappa shape index (κ3) is 1.01. The number of hydrogen-bond donors (Lipinski definition) is 3. The quantitative estimate of drug-likeness (QED) is 0.398. The van der Waals surface area contributed by atoms with Gasteiger partial charge in [0.1, 0.15) is 11.4 Å². The Labute approximate surface area is 73.9 Å². The van der Waals surface area contributed by atoms with Gasteiger partial charge < -0.3 is 10.9 Å². The van der Waals surface area contributed by atoms with E-state index in [4.69, 9.17) is 11.1 Å². The highest BCUT2D eigenvalue weighted by molar-refractivity contribution is 5.70. The normalized spacial score (nSPS) is 10.5. The van der Waals surface area contributed by atoms with Gasteiger partial charge in [-0.25, -0.2) is 0 Å². The molecule has 1 aliphatic carbocycles. The molecule has 2 aliphatic rings. The van der Waals surface area contributed by atoms with Crippen molar-refractivity contribution in [3.05, 3.63) is 29.9 Å². The van der Waals surface area contributed by atoms with E-state index < -0.39 is 0 Å². The Kier molecular flexibility index (Phi) is 1.45. The number of anilines is 1. The fourth-order valence-corrected chi connectivity index (χ4v) is 1.21. The van der Waals surface area contributed by atoms with Crippen LogP contribution < -0.4 is 11.1 Å². The summed E-state index contributed by atoms with van der Waals surface area (Å²) in [7, 11) is 0. The Morgan fingerprint density at radius 1 is 1.46 bits per heavy atom. The molecule has 0 radical (unpaired) electrons. The second kappa shape index (κ2) is 2.48. The van der Waals surface area contributed by atoms with Crippen molar-refractivity contribution in [2.45, 2.75) is 0 Å². The molecule has 0 aromatic heterocycles. The predicted molar refractivity (Wildman–Crippen MR) is 46.3 cm³/mol. The fourth-order valence-electron chi connectivity index (χ4n) is 1.21. The molecule has 0 aromatic rings. The first-order valence-electron chi connectivity index (χ1n) is 3.70. The van der Waals surface area contributed by atoms with Crippen molar-refractivity contribution in [3.8, 4) is 11.4 Å². The predicted octanol–water partition coefficient (Wildman–Crippen LogP) is 0.287. The second-order valence-electron chi connectivity index (χ2n) is 2.67. The maximum atomic E-state index is 9.39. The summed E-state index contributed by atoms with van der Waals surface area (Å²) in [5.41, 5.74) is 6.79. The number of nitrogens with zero attached hydrogens (tertiary/aromatic N) is 2. The van der Waals surface area contributed by atoms with Gasteiger partial charge in [-0.05, 0) is 12.1 Å². The van der Waals surface area contributed by atoms with Crippen LogP contribution in [0.5, 0.6) is 0 Å². The summed E-state index contributed by atoms with van der Waals surface area (Å²) in [6, 6.07) is 3.11. The molecule has 5 nitrogen and oxygen atoms in total. The third-order valence-electron chi connectivity index (χ3n) is 1.82. The molecule has 13 heavy (non-hydrogen) atoms. The van der Waals surface area contributed by atoms with E-state index in [-0.39, 0.29) is 5.36 Å². The van der Waals surface area contributed by atoms with Crippen molar-refractivity contribution in [1.82, 2.24) is 9.71 Å². The van der Waals surface area contributed by atoms with Crippen LogP contribution in [0.1, 0.15) is 0 Å². The summed E-state index contributed by atoms with van der Waals surface area (Å²) in [6.07, 6.45) is 2.79. The molecule has 5 heteroatoms. The van der Waals surface area contributed by atoms with E-state index in [0.29, 0.717) is 17.1 Å². The van der Waals surface area contributed by atoms with Crippen molar-refractivity contribution in [3.63, 3.8) is 0 Å². The number of benzene rings is 1. The van der Waals surface area contributed by atoms with E-state index in [1.807, 2.05) is 0 Å². The van der Waals surface area contributed by atoms with Crippen molar-refractivity contribution in [2.24, 2.45) is 0 Å². The molecule has 0 unspecified atom stereocenters. The first-order valence-corrected chi connectivity index (χ1v) is 3.70. The van der Waals surface area contributed by atoms with Crippen molar-refractivity contribution in [1.29, 1.82) is 5.41 Å². The average molecular weight is 176 g/mol. The van der Waals surface area contributed by atoms with E-state index in [0.717, 1.165) is 4.73 Å². The lowest BCUT2D eigenvalue weighted by Crippen LogP contribution is -2.14. The molecule has 2 rings (SSSR count). The minimum atomic E-state index is 0.243. The number of nitrogens with two attached hydrogens (primary N) is 1. The summed E-state index contributed by atoms with van der Waals surface area (Å²) in [5.74, 6) is 0. The Morgan fingerprint density at radius 3 is 2.92 bits per heavy atom. The zero-order valence-electron chi connectivity index (χ0n) is 6.73. The number of nitrogen functional groups attached to an aromatic ring is 1. The van der Waals surface area contributed by atoms with E-state index in [1.54, 1.807) is 12.1 Å². The van der Waals surface area contributed by atoms with Crippen LogP contribution in [0.25, 0.3) is 11.4 Å². The molecule has 4 N–H and O–H groups in total. The van der Waals surface area contributed by atoms with Crippen LogP contribution in [0.3, 0.4) is 0 Å². The first-order chi connectivity index (χ1) is 6.20. The largest absolute Gasteiger partial charge is 0.428 e. The maximum Gasteiger partial charge on any atom is 0.130 e. The number of aromatic nitrogens is 2. The lowest BCUT2D eigenvalue weighted by atomic mass is 10.2. The molecule has 0 fully saturated rings. The molecule has 1 heterocycles. The molecule has 0 aromatic carbocycles. The Hall–Kier alpha value is -2.04. The molecule has 0 atom stereocenters. The maximum absolute atomic E-state index is 9.39. The molecular formula is C8H8N4O. The van der Waals surface area contributed by atoms with Crippen LogP contribution in [0.2, 0.25) is 0 Å². The highest BCUT2D eigenvalue weighted by Crippen LogP contribution is 2.20. The fraction of sp³-hybridized carbons (Fsp3) is 0. The second-order valence-corrected chi connectivity index (χ2v) is 2.67. The molecular weight excluding hydrogens is 168 g/mol. The van der Waals surface area contributed by atoms with Crippen LogP contribution in [0, 0.1) is 5.41 Å². The van der Waals surface area contributed by atoms with E-state index in [2.05, 4.69) is 4.98 Å². The van der Waals surface area contributed by atoms with Crippen LogP contribution in [0.15, 0.2) is 24.5 Å². The molecule has 0 bridgehead atoms. The van der Waals surface area contributed by atoms with Gasteiger partial charge >= 0.3 is 0 Å². The first kappa shape index (κ1) is 7.60. The van der Waals surface area contributed by atoms with Crippen LogP contribution in [-0.2, 0) is 0 Å². The number of rotatable bonds is 0. The van der Waals surface area contributed by atoms with Crippen molar-refractivity contribution < 1.29 is 5.21 Å². The molecule has 0 amide bonds. The molecule has 0 spiro atoms. The molecule has 0 saturated carbocycles. The van der Waals surface area contributed by atoms with Crippen LogP contribution in [-0.4, -0.2) is 14.9 Å². The number of nitrogens with one attached hydrogen (secondary N) is 1. The Bertz CT molecular complexity index is 476. The third-order valence-corrected chi connectivity index (χ3v) is 1.82. The average Bonchev–Trinajstić information content (AvgIpc) is 2.12. The smallest absolute Gasteiger partial charge is 0.130 e. The van der Waals surface area contributed by atoms with Crippen LogP contribution >= 0.6 is 0 Å².